The first-order valence-electron chi connectivity index (χ1n) is 9.89. The fraction of sp³-hybridized carbons (Fsp3) is 0.217. The molecule has 0 saturated carbocycles. The van der Waals surface area contributed by atoms with E-state index in [2.05, 4.69) is 9.97 Å². The highest BCUT2D eigenvalue weighted by Gasteiger charge is 2.46. The van der Waals surface area contributed by atoms with Gasteiger partial charge in [0.05, 0.1) is 24.7 Å². The molecule has 158 valence electrons. The number of nitrogens with zero attached hydrogens (tertiary/aromatic N) is 4. The molecule has 1 aliphatic rings. The molecule has 1 aliphatic heterocycles. The van der Waals surface area contributed by atoms with Crippen molar-refractivity contribution in [3.63, 3.8) is 0 Å². The first kappa shape index (κ1) is 20.3. The average molecular weight is 418 g/mol. The Bertz CT molecular complexity index is 1090. The molecule has 1 fully saturated rings. The fourth-order valence-electron chi connectivity index (χ4n) is 3.70. The van der Waals surface area contributed by atoms with Crippen molar-refractivity contribution < 1.29 is 19.4 Å². The molecular formula is C23H22N4O4. The van der Waals surface area contributed by atoms with Gasteiger partial charge in [0.25, 0.3) is 11.7 Å². The summed E-state index contributed by atoms with van der Waals surface area (Å²) in [7, 11) is 1.55. The maximum atomic E-state index is 13.0. The fourth-order valence-corrected chi connectivity index (χ4v) is 3.70. The van der Waals surface area contributed by atoms with E-state index in [9.17, 15) is 14.7 Å². The Morgan fingerprint density at radius 3 is 2.55 bits per heavy atom. The monoisotopic (exact) mass is 418 g/mol. The third kappa shape index (κ3) is 4.05. The number of ketones is 1. The van der Waals surface area contributed by atoms with Crippen LogP contribution in [0.1, 0.15) is 23.7 Å². The van der Waals surface area contributed by atoms with Gasteiger partial charge in [0.15, 0.2) is 0 Å². The number of carbonyl (C=O) groups is 2. The molecule has 8 heteroatoms. The number of benzene rings is 1. The maximum Gasteiger partial charge on any atom is 0.295 e. The number of pyridine rings is 1. The third-order valence-corrected chi connectivity index (χ3v) is 5.25. The zero-order valence-electron chi connectivity index (χ0n) is 17.0. The van der Waals surface area contributed by atoms with Crippen molar-refractivity contribution in [2.75, 3.05) is 13.7 Å². The number of imidazole rings is 1. The van der Waals surface area contributed by atoms with Crippen LogP contribution in [-0.2, 0) is 16.1 Å². The van der Waals surface area contributed by atoms with Crippen molar-refractivity contribution in [1.82, 2.24) is 19.4 Å². The van der Waals surface area contributed by atoms with Crippen LogP contribution >= 0.6 is 0 Å². The van der Waals surface area contributed by atoms with E-state index in [1.54, 1.807) is 68.3 Å². The van der Waals surface area contributed by atoms with Gasteiger partial charge in [-0.25, -0.2) is 4.98 Å². The van der Waals surface area contributed by atoms with E-state index in [4.69, 9.17) is 4.74 Å². The molecule has 1 amide bonds. The molecule has 31 heavy (non-hydrogen) atoms. The van der Waals surface area contributed by atoms with Crippen LogP contribution < -0.4 is 4.74 Å². The van der Waals surface area contributed by atoms with Crippen LogP contribution in [0.25, 0.3) is 5.76 Å². The van der Waals surface area contributed by atoms with Gasteiger partial charge in [-0.3, -0.25) is 14.6 Å². The smallest absolute Gasteiger partial charge is 0.295 e. The van der Waals surface area contributed by atoms with Crippen LogP contribution in [0.4, 0.5) is 0 Å². The lowest BCUT2D eigenvalue weighted by molar-refractivity contribution is -0.140. The van der Waals surface area contributed by atoms with Gasteiger partial charge in [-0.05, 0) is 42.8 Å². The summed E-state index contributed by atoms with van der Waals surface area (Å²) in [5, 5.41) is 11.0. The van der Waals surface area contributed by atoms with E-state index in [-0.39, 0.29) is 11.3 Å². The second kappa shape index (κ2) is 8.83. The minimum absolute atomic E-state index is 0.0384. The van der Waals surface area contributed by atoms with Crippen molar-refractivity contribution in [2.24, 2.45) is 0 Å². The summed E-state index contributed by atoms with van der Waals surface area (Å²) in [5.74, 6) is -0.963. The normalized spacial score (nSPS) is 17.8. The number of rotatable bonds is 7. The largest absolute Gasteiger partial charge is 0.507 e. The maximum absolute atomic E-state index is 13.0. The van der Waals surface area contributed by atoms with Crippen molar-refractivity contribution in [2.45, 2.75) is 19.0 Å². The predicted molar refractivity (Wildman–Crippen MR) is 113 cm³/mol. The zero-order valence-corrected chi connectivity index (χ0v) is 17.0. The highest BCUT2D eigenvalue weighted by atomic mass is 16.5. The number of amides is 1. The summed E-state index contributed by atoms with van der Waals surface area (Å²) >= 11 is 0. The van der Waals surface area contributed by atoms with Crippen molar-refractivity contribution in [1.29, 1.82) is 0 Å². The van der Waals surface area contributed by atoms with Gasteiger partial charge in [0, 0.05) is 37.2 Å². The molecule has 1 N–H and O–H groups in total. The first-order chi connectivity index (χ1) is 15.1. The lowest BCUT2D eigenvalue weighted by Gasteiger charge is -2.24. The molecule has 1 saturated heterocycles. The molecule has 3 heterocycles. The summed E-state index contributed by atoms with van der Waals surface area (Å²) in [6.07, 6.45) is 7.46. The minimum Gasteiger partial charge on any atom is -0.507 e. The molecule has 2 aromatic heterocycles. The van der Waals surface area contributed by atoms with E-state index in [0.29, 0.717) is 36.5 Å². The van der Waals surface area contributed by atoms with E-state index < -0.39 is 17.7 Å². The van der Waals surface area contributed by atoms with E-state index in [1.165, 1.54) is 4.90 Å². The van der Waals surface area contributed by atoms with Gasteiger partial charge in [0.1, 0.15) is 17.6 Å². The van der Waals surface area contributed by atoms with E-state index >= 15 is 0 Å². The Kier molecular flexibility index (Phi) is 5.79. The number of Topliss-reactive ketones (excluding diaryl/α,β-unsaturated/α-hetero) is 1. The van der Waals surface area contributed by atoms with Crippen LogP contribution in [0, 0.1) is 0 Å². The molecule has 1 aromatic carbocycles. The molecule has 0 spiro atoms. The quantitative estimate of drug-likeness (QED) is 0.360. The van der Waals surface area contributed by atoms with E-state index in [0.717, 1.165) is 0 Å². The van der Waals surface area contributed by atoms with Crippen molar-refractivity contribution in [3.05, 3.63) is 84.2 Å². The van der Waals surface area contributed by atoms with Gasteiger partial charge >= 0.3 is 0 Å². The number of aliphatic hydroxyl groups is 1. The second-order valence-corrected chi connectivity index (χ2v) is 7.13. The Hall–Kier alpha value is -3.94. The summed E-state index contributed by atoms with van der Waals surface area (Å²) < 4.78 is 7.06. The van der Waals surface area contributed by atoms with Crippen LogP contribution in [0.2, 0.25) is 0 Å². The van der Waals surface area contributed by atoms with Gasteiger partial charge in [-0.2, -0.15) is 0 Å². The predicted octanol–water partition coefficient (Wildman–Crippen LogP) is 2.80. The molecule has 0 radical (unpaired) electrons. The van der Waals surface area contributed by atoms with Crippen LogP contribution in [0.5, 0.6) is 5.75 Å². The molecule has 0 aliphatic carbocycles. The van der Waals surface area contributed by atoms with Crippen molar-refractivity contribution in [3.8, 4) is 5.75 Å². The highest BCUT2D eigenvalue weighted by molar-refractivity contribution is 6.46. The summed E-state index contributed by atoms with van der Waals surface area (Å²) in [5.41, 5.74) is 0.994. The molecular weight excluding hydrogens is 396 g/mol. The average Bonchev–Trinajstić information content (AvgIpc) is 3.41. The molecule has 4 rings (SSSR count). The van der Waals surface area contributed by atoms with Gasteiger partial charge in [-0.15, -0.1) is 0 Å². The lowest BCUT2D eigenvalue weighted by atomic mass is 9.98. The van der Waals surface area contributed by atoms with Crippen molar-refractivity contribution >= 4 is 17.4 Å². The number of ether oxygens (including phenoxy) is 1. The number of aliphatic hydroxyl groups excluding tert-OH is 1. The number of aromatic nitrogens is 3. The summed E-state index contributed by atoms with van der Waals surface area (Å²) in [6.45, 7) is 0.986. The Morgan fingerprint density at radius 2 is 1.90 bits per heavy atom. The van der Waals surface area contributed by atoms with Gasteiger partial charge < -0.3 is 19.3 Å². The highest BCUT2D eigenvalue weighted by Crippen LogP contribution is 2.38. The van der Waals surface area contributed by atoms with Crippen LogP contribution in [0.3, 0.4) is 0 Å². The summed E-state index contributed by atoms with van der Waals surface area (Å²) in [4.78, 5) is 35.7. The number of hydrogen-bond donors (Lipinski definition) is 1. The molecule has 1 atom stereocenters. The Labute approximate surface area is 179 Å². The lowest BCUT2D eigenvalue weighted by Crippen LogP contribution is -2.31. The second-order valence-electron chi connectivity index (χ2n) is 7.13. The van der Waals surface area contributed by atoms with Crippen LogP contribution in [-0.4, -0.2) is 49.9 Å². The third-order valence-electron chi connectivity index (χ3n) is 5.25. The Balaban J connectivity index is 1.70. The zero-order chi connectivity index (χ0) is 21.8. The SMILES string of the molecule is COc1ccc(/C(O)=C2/C(=O)C(=O)N(CCCn3ccnc3)C2c2ccccn2)cc1. The van der Waals surface area contributed by atoms with E-state index in [1.807, 2.05) is 10.8 Å². The number of aryl methyl sites for hydroxylation is 1. The number of hydrogen-bond acceptors (Lipinski definition) is 6. The number of methoxy groups -OCH3 is 1. The molecule has 0 bridgehead atoms. The minimum atomic E-state index is -0.758. The van der Waals surface area contributed by atoms with Gasteiger partial charge in [0.2, 0.25) is 0 Å². The van der Waals surface area contributed by atoms with Crippen LogP contribution in [0.15, 0.2) is 73.0 Å². The standard InChI is InChI=1S/C23H22N4O4/c1-31-17-8-6-16(7-9-17)21(28)19-20(18-5-2-3-10-25-18)27(23(30)22(19)29)13-4-12-26-14-11-24-15-26/h2-3,5-11,14-15,20,28H,4,12-13H2,1H3/b21-19-. The molecule has 3 aromatic rings. The topological polar surface area (TPSA) is 97.6 Å². The summed E-state index contributed by atoms with van der Waals surface area (Å²) in [6, 6.07) is 11.2. The number of carbonyl (C=O) groups excluding carboxylic acids is 2. The molecule has 1 unspecified atom stereocenters. The molecule has 8 nitrogen and oxygen atoms in total. The Morgan fingerprint density at radius 1 is 1.10 bits per heavy atom. The van der Waals surface area contributed by atoms with Gasteiger partial charge in [-0.1, -0.05) is 6.07 Å². The first-order valence-corrected chi connectivity index (χ1v) is 9.89. The number of likely N-dealkylation sites (tertiary alicyclic amines) is 1.